The standard InChI is InChI=1S/C8H17NO/c1-5-6-9(4)7(2)8(3)10/h7H,5-6H2,1-4H3. The van der Waals surface area contributed by atoms with E-state index in [0.717, 1.165) is 13.0 Å². The number of carbonyl (C=O) groups excluding carboxylic acids is 1. The van der Waals surface area contributed by atoms with Crippen LogP contribution in [0.2, 0.25) is 0 Å². The third-order valence-electron chi connectivity index (χ3n) is 1.83. The van der Waals surface area contributed by atoms with Crippen molar-refractivity contribution in [1.82, 2.24) is 4.90 Å². The van der Waals surface area contributed by atoms with Crippen molar-refractivity contribution < 1.29 is 4.79 Å². The van der Waals surface area contributed by atoms with Crippen LogP contribution in [0.3, 0.4) is 0 Å². The van der Waals surface area contributed by atoms with Crippen LogP contribution in [0.1, 0.15) is 27.2 Å². The SMILES string of the molecule is CCCN(C)C(C)C(C)=O. The van der Waals surface area contributed by atoms with E-state index in [4.69, 9.17) is 0 Å². The fourth-order valence-electron chi connectivity index (χ4n) is 0.857. The fourth-order valence-corrected chi connectivity index (χ4v) is 0.857. The first-order chi connectivity index (χ1) is 4.59. The molecule has 0 N–H and O–H groups in total. The molecule has 10 heavy (non-hydrogen) atoms. The highest BCUT2D eigenvalue weighted by Gasteiger charge is 2.11. The maximum absolute atomic E-state index is 10.8. The fraction of sp³-hybridized carbons (Fsp3) is 0.875. The molecule has 0 heterocycles. The molecule has 0 saturated carbocycles. The van der Waals surface area contributed by atoms with E-state index in [2.05, 4.69) is 11.8 Å². The van der Waals surface area contributed by atoms with Gasteiger partial charge in [-0.15, -0.1) is 0 Å². The summed E-state index contributed by atoms with van der Waals surface area (Å²) in [5, 5.41) is 0. The molecule has 0 fully saturated rings. The van der Waals surface area contributed by atoms with E-state index in [1.165, 1.54) is 0 Å². The largest absolute Gasteiger partial charge is 0.298 e. The molecule has 0 rings (SSSR count). The highest BCUT2D eigenvalue weighted by molar-refractivity contribution is 5.80. The second kappa shape index (κ2) is 4.45. The van der Waals surface area contributed by atoms with Crippen molar-refractivity contribution in [1.29, 1.82) is 0 Å². The van der Waals surface area contributed by atoms with Crippen LogP contribution in [0, 0.1) is 0 Å². The van der Waals surface area contributed by atoms with Crippen LogP contribution in [0.5, 0.6) is 0 Å². The molecule has 2 nitrogen and oxygen atoms in total. The van der Waals surface area contributed by atoms with E-state index in [1.54, 1.807) is 6.92 Å². The lowest BCUT2D eigenvalue weighted by Gasteiger charge is -2.21. The van der Waals surface area contributed by atoms with Crippen molar-refractivity contribution in [3.8, 4) is 0 Å². The number of nitrogens with zero attached hydrogens (tertiary/aromatic N) is 1. The Balaban J connectivity index is 3.69. The van der Waals surface area contributed by atoms with Gasteiger partial charge in [0.2, 0.25) is 0 Å². The molecule has 1 unspecified atom stereocenters. The zero-order chi connectivity index (χ0) is 8.15. The minimum Gasteiger partial charge on any atom is -0.298 e. The number of Topliss-reactive ketones (excluding diaryl/α,β-unsaturated/α-hetero) is 1. The van der Waals surface area contributed by atoms with Crippen LogP contribution in [-0.2, 0) is 4.79 Å². The van der Waals surface area contributed by atoms with Crippen LogP contribution in [0.15, 0.2) is 0 Å². The Morgan fingerprint density at radius 2 is 2.10 bits per heavy atom. The van der Waals surface area contributed by atoms with Gasteiger partial charge in [-0.3, -0.25) is 9.69 Å². The van der Waals surface area contributed by atoms with Crippen molar-refractivity contribution in [3.63, 3.8) is 0 Å². The normalized spacial score (nSPS) is 13.7. The highest BCUT2D eigenvalue weighted by Crippen LogP contribution is 1.96. The molecule has 0 amide bonds. The van der Waals surface area contributed by atoms with E-state index in [-0.39, 0.29) is 11.8 Å². The van der Waals surface area contributed by atoms with E-state index in [9.17, 15) is 4.79 Å². The second-order valence-corrected chi connectivity index (χ2v) is 2.77. The molecule has 0 aromatic carbocycles. The minimum absolute atomic E-state index is 0.0833. The molecular weight excluding hydrogens is 126 g/mol. The average Bonchev–Trinajstić information content (AvgIpc) is 1.87. The summed E-state index contributed by atoms with van der Waals surface area (Å²) < 4.78 is 0. The number of hydrogen-bond donors (Lipinski definition) is 0. The van der Waals surface area contributed by atoms with E-state index in [0.29, 0.717) is 0 Å². The van der Waals surface area contributed by atoms with Gasteiger partial charge in [0, 0.05) is 0 Å². The summed E-state index contributed by atoms with van der Waals surface area (Å²) in [4.78, 5) is 12.9. The highest BCUT2D eigenvalue weighted by atomic mass is 16.1. The van der Waals surface area contributed by atoms with Gasteiger partial charge in [-0.2, -0.15) is 0 Å². The number of carbonyl (C=O) groups is 1. The van der Waals surface area contributed by atoms with Crippen molar-refractivity contribution >= 4 is 5.78 Å². The molecule has 2 heteroatoms. The van der Waals surface area contributed by atoms with Gasteiger partial charge in [-0.05, 0) is 33.9 Å². The molecule has 0 saturated heterocycles. The van der Waals surface area contributed by atoms with Crippen LogP contribution in [0.4, 0.5) is 0 Å². The van der Waals surface area contributed by atoms with E-state index >= 15 is 0 Å². The molecule has 0 aliphatic rings. The first kappa shape index (κ1) is 9.63. The van der Waals surface area contributed by atoms with Crippen molar-refractivity contribution in [2.75, 3.05) is 13.6 Å². The maximum atomic E-state index is 10.8. The lowest BCUT2D eigenvalue weighted by atomic mass is 10.2. The predicted octanol–water partition coefficient (Wildman–Crippen LogP) is 1.31. The Morgan fingerprint density at radius 3 is 2.40 bits per heavy atom. The monoisotopic (exact) mass is 143 g/mol. The van der Waals surface area contributed by atoms with Gasteiger partial charge in [0.15, 0.2) is 0 Å². The molecule has 0 radical (unpaired) electrons. The van der Waals surface area contributed by atoms with Gasteiger partial charge in [0.1, 0.15) is 5.78 Å². The average molecular weight is 143 g/mol. The van der Waals surface area contributed by atoms with E-state index < -0.39 is 0 Å². The third-order valence-corrected chi connectivity index (χ3v) is 1.83. The molecule has 0 aromatic heterocycles. The summed E-state index contributed by atoms with van der Waals surface area (Å²) in [7, 11) is 1.98. The Hall–Kier alpha value is -0.370. The Labute approximate surface area is 63.2 Å². The number of hydrogen-bond acceptors (Lipinski definition) is 2. The van der Waals surface area contributed by atoms with Crippen LogP contribution in [0.25, 0.3) is 0 Å². The number of rotatable bonds is 4. The minimum atomic E-state index is 0.0833. The summed E-state index contributed by atoms with van der Waals surface area (Å²) in [6, 6.07) is 0.0833. The van der Waals surface area contributed by atoms with Crippen molar-refractivity contribution in [3.05, 3.63) is 0 Å². The first-order valence-corrected chi connectivity index (χ1v) is 3.80. The van der Waals surface area contributed by atoms with Crippen LogP contribution in [-0.4, -0.2) is 30.3 Å². The second-order valence-electron chi connectivity index (χ2n) is 2.77. The van der Waals surface area contributed by atoms with Gasteiger partial charge >= 0.3 is 0 Å². The summed E-state index contributed by atoms with van der Waals surface area (Å²) in [5.41, 5.74) is 0. The lowest BCUT2D eigenvalue weighted by molar-refractivity contribution is -0.121. The smallest absolute Gasteiger partial charge is 0.146 e. The molecule has 60 valence electrons. The molecular formula is C8H17NO. The van der Waals surface area contributed by atoms with Crippen LogP contribution >= 0.6 is 0 Å². The lowest BCUT2D eigenvalue weighted by Crippen LogP contribution is -2.34. The van der Waals surface area contributed by atoms with Crippen molar-refractivity contribution in [2.45, 2.75) is 33.2 Å². The van der Waals surface area contributed by atoms with Gasteiger partial charge in [-0.1, -0.05) is 6.92 Å². The Morgan fingerprint density at radius 1 is 1.60 bits per heavy atom. The predicted molar refractivity (Wildman–Crippen MR) is 43.1 cm³/mol. The van der Waals surface area contributed by atoms with E-state index in [1.807, 2.05) is 14.0 Å². The topological polar surface area (TPSA) is 20.3 Å². The van der Waals surface area contributed by atoms with Gasteiger partial charge < -0.3 is 0 Å². The van der Waals surface area contributed by atoms with Crippen molar-refractivity contribution in [2.24, 2.45) is 0 Å². The summed E-state index contributed by atoms with van der Waals surface area (Å²) >= 11 is 0. The summed E-state index contributed by atoms with van der Waals surface area (Å²) in [6.07, 6.45) is 1.11. The maximum Gasteiger partial charge on any atom is 0.146 e. The zero-order valence-electron chi connectivity index (χ0n) is 7.35. The molecule has 0 bridgehead atoms. The van der Waals surface area contributed by atoms with Gasteiger partial charge in [0.25, 0.3) is 0 Å². The first-order valence-electron chi connectivity index (χ1n) is 3.80. The Kier molecular flexibility index (Phi) is 4.28. The molecule has 0 spiro atoms. The van der Waals surface area contributed by atoms with Gasteiger partial charge in [-0.25, -0.2) is 0 Å². The third kappa shape index (κ3) is 2.97. The zero-order valence-corrected chi connectivity index (χ0v) is 7.35. The number of likely N-dealkylation sites (N-methyl/N-ethyl adjacent to an activating group) is 1. The molecule has 0 aromatic rings. The van der Waals surface area contributed by atoms with Gasteiger partial charge in [0.05, 0.1) is 6.04 Å². The number of ketones is 1. The molecule has 0 aliphatic heterocycles. The quantitative estimate of drug-likeness (QED) is 0.591. The summed E-state index contributed by atoms with van der Waals surface area (Å²) in [6.45, 7) is 6.69. The Bertz CT molecular complexity index is 112. The summed E-state index contributed by atoms with van der Waals surface area (Å²) in [5.74, 6) is 0.246. The molecule has 1 atom stereocenters. The molecule has 0 aliphatic carbocycles. The van der Waals surface area contributed by atoms with Crippen LogP contribution < -0.4 is 0 Å².